The predicted molar refractivity (Wildman–Crippen MR) is 72.2 cm³/mol. The Balaban J connectivity index is 1.92. The smallest absolute Gasteiger partial charge is 0.332 e. The number of fused-ring (bicyclic) bond motifs is 1. The lowest BCUT2D eigenvalue weighted by Crippen LogP contribution is -2.42. The number of anilines is 1. The molecule has 0 radical (unpaired) electrons. The van der Waals surface area contributed by atoms with Gasteiger partial charge >= 0.3 is 12.0 Å². The number of carbonyl (C=O) groups excluding carboxylic acids is 2. The maximum atomic E-state index is 12.4. The average molecular weight is 290 g/mol. The molecule has 1 N–H and O–H groups in total. The molecule has 2 aliphatic rings. The lowest BCUT2D eigenvalue weighted by Gasteiger charge is -2.20. The number of imide groups is 1. The molecule has 0 bridgehead atoms. The monoisotopic (exact) mass is 290 g/mol. The van der Waals surface area contributed by atoms with Gasteiger partial charge in [0.2, 0.25) is 0 Å². The fourth-order valence-electron chi connectivity index (χ4n) is 2.89. The van der Waals surface area contributed by atoms with E-state index in [0.29, 0.717) is 24.3 Å². The first-order valence-corrected chi connectivity index (χ1v) is 6.57. The molecule has 0 aliphatic carbocycles. The van der Waals surface area contributed by atoms with E-state index >= 15 is 0 Å². The molecule has 3 amide bonds. The molecule has 2 fully saturated rings. The number of methoxy groups -OCH3 is 1. The highest BCUT2D eigenvalue weighted by Gasteiger charge is 2.54. The quantitative estimate of drug-likeness (QED) is 0.842. The van der Waals surface area contributed by atoms with Crippen molar-refractivity contribution in [1.82, 2.24) is 4.90 Å². The molecule has 0 spiro atoms. The molecule has 3 rings (SSSR count). The maximum Gasteiger partial charge on any atom is 0.332 e. The number of amides is 3. The minimum atomic E-state index is -1.07. The van der Waals surface area contributed by atoms with Gasteiger partial charge in [0.05, 0.1) is 12.8 Å². The van der Waals surface area contributed by atoms with Gasteiger partial charge in [0.1, 0.15) is 17.8 Å². The van der Waals surface area contributed by atoms with Gasteiger partial charge in [0, 0.05) is 0 Å². The summed E-state index contributed by atoms with van der Waals surface area (Å²) in [5.41, 5.74) is 0.421. The lowest BCUT2D eigenvalue weighted by molar-refractivity contribution is -0.141. The summed E-state index contributed by atoms with van der Waals surface area (Å²) in [6, 6.07) is 4.34. The molecule has 2 saturated heterocycles. The topological polar surface area (TPSA) is 87.2 Å². The van der Waals surface area contributed by atoms with Crippen LogP contribution >= 0.6 is 0 Å². The largest absolute Gasteiger partial charge is 0.497 e. The van der Waals surface area contributed by atoms with Gasteiger partial charge in [0.15, 0.2) is 0 Å². The van der Waals surface area contributed by atoms with Gasteiger partial charge in [-0.3, -0.25) is 9.69 Å². The van der Waals surface area contributed by atoms with E-state index in [0.717, 1.165) is 4.90 Å². The second-order valence-electron chi connectivity index (χ2n) is 5.01. The van der Waals surface area contributed by atoms with E-state index in [2.05, 4.69) is 0 Å². The van der Waals surface area contributed by atoms with Gasteiger partial charge in [-0.05, 0) is 37.1 Å². The highest BCUT2D eigenvalue weighted by molar-refractivity contribution is 6.22. The van der Waals surface area contributed by atoms with Crippen LogP contribution < -0.4 is 9.64 Å². The van der Waals surface area contributed by atoms with Crippen LogP contribution in [0.25, 0.3) is 0 Å². The number of carbonyl (C=O) groups is 3. The second kappa shape index (κ2) is 4.76. The van der Waals surface area contributed by atoms with Crippen LogP contribution in [-0.4, -0.2) is 47.1 Å². The first-order valence-electron chi connectivity index (χ1n) is 6.57. The molecule has 2 atom stereocenters. The van der Waals surface area contributed by atoms with Crippen LogP contribution in [0.5, 0.6) is 5.75 Å². The fourth-order valence-corrected chi connectivity index (χ4v) is 2.89. The van der Waals surface area contributed by atoms with Crippen molar-refractivity contribution in [1.29, 1.82) is 0 Å². The molecule has 0 saturated carbocycles. The van der Waals surface area contributed by atoms with E-state index in [1.807, 2.05) is 0 Å². The van der Waals surface area contributed by atoms with Crippen molar-refractivity contribution in [3.05, 3.63) is 24.3 Å². The van der Waals surface area contributed by atoms with E-state index in [-0.39, 0.29) is 5.91 Å². The van der Waals surface area contributed by atoms with Gasteiger partial charge in [-0.2, -0.15) is 0 Å². The number of benzene rings is 1. The molecular formula is C14H14N2O5. The van der Waals surface area contributed by atoms with Crippen LogP contribution in [0, 0.1) is 0 Å². The van der Waals surface area contributed by atoms with Crippen LogP contribution in [0.1, 0.15) is 12.8 Å². The first kappa shape index (κ1) is 13.4. The standard InChI is InChI=1S/C14H14N2O5/c1-21-9-4-2-8(3-5-9)15-12(17)10-6-7-11(13(18)19)16(10)14(15)20/h2-5,10-11H,6-7H2,1H3,(H,18,19)/t10-,11-/m1/s1. The number of rotatable bonds is 3. The van der Waals surface area contributed by atoms with E-state index in [4.69, 9.17) is 9.84 Å². The molecule has 7 heteroatoms. The van der Waals surface area contributed by atoms with Gasteiger partial charge in [0.25, 0.3) is 5.91 Å². The van der Waals surface area contributed by atoms with Crippen LogP contribution in [0.15, 0.2) is 24.3 Å². The third kappa shape index (κ3) is 1.93. The fraction of sp³-hybridized carbons (Fsp3) is 0.357. The Morgan fingerprint density at radius 1 is 1.24 bits per heavy atom. The van der Waals surface area contributed by atoms with E-state index in [9.17, 15) is 14.4 Å². The Hall–Kier alpha value is -2.57. The summed E-state index contributed by atoms with van der Waals surface area (Å²) in [5.74, 6) is -0.828. The third-order valence-electron chi connectivity index (χ3n) is 3.92. The summed E-state index contributed by atoms with van der Waals surface area (Å²) >= 11 is 0. The summed E-state index contributed by atoms with van der Waals surface area (Å²) in [6.45, 7) is 0. The first-order chi connectivity index (χ1) is 10.0. The summed E-state index contributed by atoms with van der Waals surface area (Å²) in [6.07, 6.45) is 0.697. The van der Waals surface area contributed by atoms with Crippen molar-refractivity contribution in [3.8, 4) is 5.75 Å². The van der Waals surface area contributed by atoms with Crippen molar-refractivity contribution in [2.45, 2.75) is 24.9 Å². The minimum Gasteiger partial charge on any atom is -0.497 e. The van der Waals surface area contributed by atoms with Crippen LogP contribution in [-0.2, 0) is 9.59 Å². The summed E-state index contributed by atoms with van der Waals surface area (Å²) in [7, 11) is 1.52. The highest BCUT2D eigenvalue weighted by atomic mass is 16.5. The summed E-state index contributed by atoms with van der Waals surface area (Å²) < 4.78 is 5.03. The average Bonchev–Trinajstić information content (AvgIpc) is 3.01. The Morgan fingerprint density at radius 3 is 2.48 bits per heavy atom. The van der Waals surface area contributed by atoms with Crippen molar-refractivity contribution >= 4 is 23.6 Å². The number of hydrogen-bond acceptors (Lipinski definition) is 4. The van der Waals surface area contributed by atoms with Crippen LogP contribution in [0.4, 0.5) is 10.5 Å². The zero-order valence-electron chi connectivity index (χ0n) is 11.4. The summed E-state index contributed by atoms with van der Waals surface area (Å²) in [4.78, 5) is 38.2. The zero-order chi connectivity index (χ0) is 15.1. The molecule has 21 heavy (non-hydrogen) atoms. The van der Waals surface area contributed by atoms with Gasteiger partial charge in [-0.1, -0.05) is 0 Å². The van der Waals surface area contributed by atoms with E-state index < -0.39 is 24.1 Å². The molecule has 7 nitrogen and oxygen atoms in total. The van der Waals surface area contributed by atoms with Gasteiger partial charge in [-0.25, -0.2) is 14.5 Å². The van der Waals surface area contributed by atoms with Crippen molar-refractivity contribution in [2.24, 2.45) is 0 Å². The lowest BCUT2D eigenvalue weighted by atomic mass is 10.1. The number of carboxylic acid groups (broad SMARTS) is 1. The molecule has 1 aromatic carbocycles. The number of ether oxygens (including phenoxy) is 1. The molecule has 2 aliphatic heterocycles. The van der Waals surface area contributed by atoms with Crippen LogP contribution in [0.3, 0.4) is 0 Å². The Bertz CT molecular complexity index is 612. The van der Waals surface area contributed by atoms with Crippen LogP contribution in [0.2, 0.25) is 0 Å². The van der Waals surface area contributed by atoms with E-state index in [1.54, 1.807) is 24.3 Å². The minimum absolute atomic E-state index is 0.313. The van der Waals surface area contributed by atoms with Gasteiger partial charge in [-0.15, -0.1) is 0 Å². The Kier molecular flexibility index (Phi) is 3.04. The molecule has 0 unspecified atom stereocenters. The maximum absolute atomic E-state index is 12.4. The molecular weight excluding hydrogens is 276 g/mol. The summed E-state index contributed by atoms with van der Waals surface area (Å²) in [5, 5.41) is 9.15. The molecule has 0 aromatic heterocycles. The van der Waals surface area contributed by atoms with Crippen molar-refractivity contribution in [3.63, 3.8) is 0 Å². The number of hydrogen-bond donors (Lipinski definition) is 1. The number of carboxylic acids is 1. The number of aliphatic carboxylic acids is 1. The third-order valence-corrected chi connectivity index (χ3v) is 3.92. The normalized spacial score (nSPS) is 24.4. The van der Waals surface area contributed by atoms with Crippen molar-refractivity contribution in [2.75, 3.05) is 12.0 Å². The van der Waals surface area contributed by atoms with E-state index in [1.165, 1.54) is 12.0 Å². The predicted octanol–water partition coefficient (Wildman–Crippen LogP) is 1.08. The Labute approximate surface area is 120 Å². The zero-order valence-corrected chi connectivity index (χ0v) is 11.4. The van der Waals surface area contributed by atoms with Gasteiger partial charge < -0.3 is 9.84 Å². The molecule has 1 aromatic rings. The second-order valence-corrected chi connectivity index (χ2v) is 5.01. The molecule has 110 valence electrons. The van der Waals surface area contributed by atoms with Crippen molar-refractivity contribution < 1.29 is 24.2 Å². The molecule has 2 heterocycles. The number of nitrogens with zero attached hydrogens (tertiary/aromatic N) is 2. The highest BCUT2D eigenvalue weighted by Crippen LogP contribution is 2.35. The Morgan fingerprint density at radius 2 is 1.90 bits per heavy atom. The SMILES string of the molecule is COc1ccc(N2C(=O)[C@H]3CC[C@H](C(=O)O)N3C2=O)cc1. The number of urea groups is 1.